The van der Waals surface area contributed by atoms with Crippen molar-refractivity contribution in [3.05, 3.63) is 29.8 Å². The van der Waals surface area contributed by atoms with E-state index in [9.17, 15) is 4.79 Å². The van der Waals surface area contributed by atoms with Crippen molar-refractivity contribution in [1.82, 2.24) is 0 Å². The van der Waals surface area contributed by atoms with Gasteiger partial charge in [0.2, 0.25) is 0 Å². The summed E-state index contributed by atoms with van der Waals surface area (Å²) < 4.78 is 0. The van der Waals surface area contributed by atoms with Crippen molar-refractivity contribution in [2.75, 3.05) is 18.0 Å². The minimum absolute atomic E-state index is 0.760. The van der Waals surface area contributed by atoms with E-state index < -0.39 is 0 Å². The molecular formula is C13H17NO. The Labute approximate surface area is 90.9 Å². The first-order chi connectivity index (χ1) is 7.20. The van der Waals surface area contributed by atoms with Crippen LogP contribution in [-0.2, 0) is 0 Å². The maximum absolute atomic E-state index is 10.6. The molecule has 0 aromatic heterocycles. The van der Waals surface area contributed by atoms with Gasteiger partial charge in [-0.3, -0.25) is 4.79 Å². The van der Waals surface area contributed by atoms with Gasteiger partial charge in [0.15, 0.2) is 0 Å². The van der Waals surface area contributed by atoms with Crippen molar-refractivity contribution in [1.29, 1.82) is 0 Å². The zero-order valence-corrected chi connectivity index (χ0v) is 9.31. The monoisotopic (exact) mass is 203 g/mol. The number of anilines is 1. The second kappa shape index (κ2) is 4.05. The molecule has 0 radical (unpaired) electrons. The summed E-state index contributed by atoms with van der Waals surface area (Å²) >= 11 is 0. The number of nitrogens with zero attached hydrogens (tertiary/aromatic N) is 1. The number of carbonyl (C=O) groups excluding carboxylic acids is 1. The standard InChI is InChI=1S/C13H17NO/c1-10(2)12-7-14(8-12)13-5-3-4-11(6-13)9-15/h3-6,9-10,12H,7-8H2,1-2H3. The van der Waals surface area contributed by atoms with E-state index in [0.29, 0.717) is 0 Å². The Bertz CT molecular complexity index is 353. The van der Waals surface area contributed by atoms with Gasteiger partial charge in [-0.2, -0.15) is 0 Å². The average Bonchev–Trinajstić information content (AvgIpc) is 2.15. The van der Waals surface area contributed by atoms with E-state index in [0.717, 1.165) is 36.8 Å². The smallest absolute Gasteiger partial charge is 0.150 e. The number of aldehydes is 1. The number of carbonyl (C=O) groups is 1. The number of benzene rings is 1. The molecule has 1 aromatic carbocycles. The van der Waals surface area contributed by atoms with Crippen molar-refractivity contribution in [2.24, 2.45) is 11.8 Å². The summed E-state index contributed by atoms with van der Waals surface area (Å²) in [5, 5.41) is 0. The summed E-state index contributed by atoms with van der Waals surface area (Å²) in [6.45, 7) is 6.79. The first-order valence-corrected chi connectivity index (χ1v) is 5.51. The third-order valence-corrected chi connectivity index (χ3v) is 3.22. The fourth-order valence-corrected chi connectivity index (χ4v) is 1.94. The summed E-state index contributed by atoms with van der Waals surface area (Å²) in [5.74, 6) is 1.57. The lowest BCUT2D eigenvalue weighted by Gasteiger charge is -2.43. The van der Waals surface area contributed by atoms with Crippen LogP contribution in [0.3, 0.4) is 0 Å². The van der Waals surface area contributed by atoms with Gasteiger partial charge in [-0.15, -0.1) is 0 Å². The van der Waals surface area contributed by atoms with E-state index in [4.69, 9.17) is 0 Å². The molecule has 2 rings (SSSR count). The maximum atomic E-state index is 10.6. The first-order valence-electron chi connectivity index (χ1n) is 5.51. The number of rotatable bonds is 3. The molecule has 1 aromatic rings. The fraction of sp³-hybridized carbons (Fsp3) is 0.462. The normalized spacial score (nSPS) is 16.6. The van der Waals surface area contributed by atoms with E-state index >= 15 is 0 Å². The predicted octanol–water partition coefficient (Wildman–Crippen LogP) is 2.59. The van der Waals surface area contributed by atoms with E-state index in [1.807, 2.05) is 18.2 Å². The third kappa shape index (κ3) is 2.04. The molecule has 80 valence electrons. The molecule has 1 heterocycles. The molecule has 15 heavy (non-hydrogen) atoms. The highest BCUT2D eigenvalue weighted by Gasteiger charge is 2.28. The zero-order chi connectivity index (χ0) is 10.8. The van der Waals surface area contributed by atoms with Crippen molar-refractivity contribution >= 4 is 12.0 Å². The molecule has 0 saturated carbocycles. The van der Waals surface area contributed by atoms with E-state index in [-0.39, 0.29) is 0 Å². The first kappa shape index (κ1) is 10.2. The summed E-state index contributed by atoms with van der Waals surface area (Å²) in [4.78, 5) is 13.0. The maximum Gasteiger partial charge on any atom is 0.150 e. The van der Waals surface area contributed by atoms with Crippen LogP contribution in [0.15, 0.2) is 24.3 Å². The fourth-order valence-electron chi connectivity index (χ4n) is 1.94. The molecule has 0 spiro atoms. The molecular weight excluding hydrogens is 186 g/mol. The molecule has 2 nitrogen and oxygen atoms in total. The topological polar surface area (TPSA) is 20.3 Å². The lowest BCUT2D eigenvalue weighted by Crippen LogP contribution is -2.49. The SMILES string of the molecule is CC(C)C1CN(c2cccc(C=O)c2)C1. The van der Waals surface area contributed by atoms with E-state index in [2.05, 4.69) is 24.8 Å². The summed E-state index contributed by atoms with van der Waals surface area (Å²) in [5.41, 5.74) is 1.94. The lowest BCUT2D eigenvalue weighted by molar-refractivity contribution is 0.112. The van der Waals surface area contributed by atoms with Gasteiger partial charge in [0.1, 0.15) is 6.29 Å². The summed E-state index contributed by atoms with van der Waals surface area (Å²) in [7, 11) is 0. The second-order valence-corrected chi connectivity index (χ2v) is 4.62. The Morgan fingerprint density at radius 3 is 2.73 bits per heavy atom. The van der Waals surface area contributed by atoms with Crippen LogP contribution >= 0.6 is 0 Å². The molecule has 0 bridgehead atoms. The van der Waals surface area contributed by atoms with Gasteiger partial charge < -0.3 is 4.90 Å². The minimum Gasteiger partial charge on any atom is -0.371 e. The third-order valence-electron chi connectivity index (χ3n) is 3.22. The van der Waals surface area contributed by atoms with Crippen LogP contribution in [0.5, 0.6) is 0 Å². The van der Waals surface area contributed by atoms with E-state index in [1.165, 1.54) is 5.69 Å². The molecule has 0 N–H and O–H groups in total. The Morgan fingerprint density at radius 2 is 2.13 bits per heavy atom. The summed E-state index contributed by atoms with van der Waals surface area (Å²) in [6, 6.07) is 7.82. The van der Waals surface area contributed by atoms with E-state index in [1.54, 1.807) is 0 Å². The Balaban J connectivity index is 2.03. The van der Waals surface area contributed by atoms with Gasteiger partial charge in [-0.1, -0.05) is 26.0 Å². The quantitative estimate of drug-likeness (QED) is 0.704. The van der Waals surface area contributed by atoms with Gasteiger partial charge in [-0.25, -0.2) is 0 Å². The number of hydrogen-bond donors (Lipinski definition) is 0. The van der Waals surface area contributed by atoms with Crippen LogP contribution in [0.4, 0.5) is 5.69 Å². The van der Waals surface area contributed by atoms with Crippen molar-refractivity contribution in [3.63, 3.8) is 0 Å². The molecule has 0 atom stereocenters. The van der Waals surface area contributed by atoms with Crippen LogP contribution in [0, 0.1) is 11.8 Å². The highest BCUT2D eigenvalue weighted by molar-refractivity contribution is 5.77. The van der Waals surface area contributed by atoms with Crippen LogP contribution in [-0.4, -0.2) is 19.4 Å². The van der Waals surface area contributed by atoms with Crippen molar-refractivity contribution in [2.45, 2.75) is 13.8 Å². The van der Waals surface area contributed by atoms with Crippen LogP contribution in [0.1, 0.15) is 24.2 Å². The average molecular weight is 203 g/mol. The molecule has 0 amide bonds. The molecule has 1 saturated heterocycles. The van der Waals surface area contributed by atoms with Gasteiger partial charge in [-0.05, 0) is 24.0 Å². The Hall–Kier alpha value is -1.31. The van der Waals surface area contributed by atoms with Crippen LogP contribution < -0.4 is 4.90 Å². The number of hydrogen-bond acceptors (Lipinski definition) is 2. The molecule has 2 heteroatoms. The van der Waals surface area contributed by atoms with Gasteiger partial charge in [0.25, 0.3) is 0 Å². The van der Waals surface area contributed by atoms with Crippen molar-refractivity contribution < 1.29 is 4.79 Å². The van der Waals surface area contributed by atoms with Crippen molar-refractivity contribution in [3.8, 4) is 0 Å². The Morgan fingerprint density at radius 1 is 1.40 bits per heavy atom. The zero-order valence-electron chi connectivity index (χ0n) is 9.31. The van der Waals surface area contributed by atoms with Crippen LogP contribution in [0.2, 0.25) is 0 Å². The molecule has 1 aliphatic heterocycles. The molecule has 1 fully saturated rings. The highest BCUT2D eigenvalue weighted by Crippen LogP contribution is 2.29. The lowest BCUT2D eigenvalue weighted by atomic mass is 9.88. The van der Waals surface area contributed by atoms with Gasteiger partial charge >= 0.3 is 0 Å². The predicted molar refractivity (Wildman–Crippen MR) is 62.4 cm³/mol. The highest BCUT2D eigenvalue weighted by atomic mass is 16.1. The van der Waals surface area contributed by atoms with Gasteiger partial charge in [0.05, 0.1) is 0 Å². The van der Waals surface area contributed by atoms with Gasteiger partial charge in [0, 0.05) is 24.3 Å². The molecule has 0 unspecified atom stereocenters. The van der Waals surface area contributed by atoms with Crippen LogP contribution in [0.25, 0.3) is 0 Å². The molecule has 0 aliphatic carbocycles. The molecule has 1 aliphatic rings. The minimum atomic E-state index is 0.760. The second-order valence-electron chi connectivity index (χ2n) is 4.62. The Kier molecular flexibility index (Phi) is 2.76. The largest absolute Gasteiger partial charge is 0.371 e. The summed E-state index contributed by atoms with van der Waals surface area (Å²) in [6.07, 6.45) is 0.906.